The van der Waals surface area contributed by atoms with Crippen molar-refractivity contribution in [1.29, 1.82) is 0 Å². The largest absolute Gasteiger partial charge is 0.448 e. The molecule has 0 aromatic carbocycles. The van der Waals surface area contributed by atoms with Gasteiger partial charge in [0.05, 0.1) is 12.2 Å². The van der Waals surface area contributed by atoms with Crippen LogP contribution < -0.4 is 5.84 Å². The van der Waals surface area contributed by atoms with Crippen molar-refractivity contribution in [3.63, 3.8) is 0 Å². The molecule has 0 fully saturated rings. The van der Waals surface area contributed by atoms with Crippen molar-refractivity contribution in [2.75, 3.05) is 6.61 Å². The highest BCUT2D eigenvalue weighted by Crippen LogP contribution is 2.07. The zero-order chi connectivity index (χ0) is 16.2. The number of imide groups is 1. The van der Waals surface area contributed by atoms with Crippen LogP contribution in [0.3, 0.4) is 0 Å². The summed E-state index contributed by atoms with van der Waals surface area (Å²) in [6.45, 7) is 2.46. The average Bonchev–Trinajstić information content (AvgIpc) is 2.56. The molecule has 0 aliphatic rings. The summed E-state index contributed by atoms with van der Waals surface area (Å²) in [4.78, 5) is 27.4. The maximum Gasteiger partial charge on any atom is 0.431 e. The van der Waals surface area contributed by atoms with E-state index in [0.29, 0.717) is 5.01 Å². The van der Waals surface area contributed by atoms with Crippen LogP contribution in [0.4, 0.5) is 4.79 Å². The van der Waals surface area contributed by atoms with Crippen molar-refractivity contribution in [1.82, 2.24) is 9.99 Å². The van der Waals surface area contributed by atoms with Crippen molar-refractivity contribution in [2.45, 2.75) is 51.9 Å². The van der Waals surface area contributed by atoms with Gasteiger partial charge in [0.1, 0.15) is 0 Å². The van der Waals surface area contributed by atoms with Gasteiger partial charge in [-0.3, -0.25) is 9.78 Å². The molecule has 0 saturated heterocycles. The molecule has 0 bridgehead atoms. The molecule has 122 valence electrons. The number of nitrogens with zero attached hydrogens (tertiary/aromatic N) is 2. The minimum atomic E-state index is -0.833. The summed E-state index contributed by atoms with van der Waals surface area (Å²) in [5, 5.41) is 0.484. The smallest absolute Gasteiger partial charge is 0.431 e. The Morgan fingerprint density at radius 1 is 1.18 bits per heavy atom. The fraction of sp³-hybridized carbons (Fsp3) is 0.562. The molecular formula is C16H25N3O3. The molecule has 0 aliphatic heterocycles. The van der Waals surface area contributed by atoms with Crippen LogP contribution in [-0.2, 0) is 4.74 Å². The van der Waals surface area contributed by atoms with Crippen molar-refractivity contribution in [3.05, 3.63) is 30.1 Å². The van der Waals surface area contributed by atoms with Crippen molar-refractivity contribution >= 4 is 12.0 Å². The molecule has 1 aromatic rings. The van der Waals surface area contributed by atoms with Gasteiger partial charge in [-0.1, -0.05) is 45.4 Å². The minimum Gasteiger partial charge on any atom is -0.448 e. The first-order valence-corrected chi connectivity index (χ1v) is 7.82. The lowest BCUT2D eigenvalue weighted by Crippen LogP contribution is -2.43. The second kappa shape index (κ2) is 10.7. The molecular weight excluding hydrogens is 282 g/mol. The molecule has 0 aliphatic carbocycles. The van der Waals surface area contributed by atoms with Gasteiger partial charge in [-0.2, -0.15) is 5.01 Å². The first kappa shape index (κ1) is 18.1. The number of unbranched alkanes of at least 4 members (excludes halogenated alkanes) is 6. The van der Waals surface area contributed by atoms with Crippen LogP contribution in [0.2, 0.25) is 0 Å². The summed E-state index contributed by atoms with van der Waals surface area (Å²) < 4.78 is 4.99. The van der Waals surface area contributed by atoms with E-state index in [1.54, 1.807) is 12.1 Å². The Labute approximate surface area is 131 Å². The number of aromatic nitrogens is 1. The van der Waals surface area contributed by atoms with Gasteiger partial charge >= 0.3 is 6.09 Å². The lowest BCUT2D eigenvalue weighted by atomic mass is 10.1. The molecule has 0 unspecified atom stereocenters. The Bertz CT molecular complexity index is 451. The van der Waals surface area contributed by atoms with E-state index in [2.05, 4.69) is 11.9 Å². The van der Waals surface area contributed by atoms with Crippen LogP contribution in [0.25, 0.3) is 0 Å². The zero-order valence-electron chi connectivity index (χ0n) is 13.2. The third kappa shape index (κ3) is 6.67. The van der Waals surface area contributed by atoms with Gasteiger partial charge in [-0.05, 0) is 18.6 Å². The first-order chi connectivity index (χ1) is 10.7. The summed E-state index contributed by atoms with van der Waals surface area (Å²) in [5.74, 6) is 4.84. The molecule has 2 amide bonds. The Kier molecular flexibility index (Phi) is 8.83. The average molecular weight is 307 g/mol. The highest BCUT2D eigenvalue weighted by Gasteiger charge is 2.20. The van der Waals surface area contributed by atoms with Crippen LogP contribution in [0.5, 0.6) is 0 Å². The number of hydrogen-bond donors (Lipinski definition) is 1. The van der Waals surface area contributed by atoms with Gasteiger partial charge in [0.15, 0.2) is 0 Å². The molecule has 22 heavy (non-hydrogen) atoms. The number of carbonyl (C=O) groups is 2. The quantitative estimate of drug-likeness (QED) is 0.327. The van der Waals surface area contributed by atoms with Crippen molar-refractivity contribution in [2.24, 2.45) is 5.84 Å². The van der Waals surface area contributed by atoms with Crippen LogP contribution >= 0.6 is 0 Å². The van der Waals surface area contributed by atoms with Gasteiger partial charge in [0, 0.05) is 12.4 Å². The van der Waals surface area contributed by atoms with E-state index < -0.39 is 12.0 Å². The highest BCUT2D eigenvalue weighted by molar-refractivity contribution is 6.01. The van der Waals surface area contributed by atoms with Crippen molar-refractivity contribution < 1.29 is 14.3 Å². The van der Waals surface area contributed by atoms with Crippen LogP contribution in [0.15, 0.2) is 24.5 Å². The molecule has 1 rings (SSSR count). The van der Waals surface area contributed by atoms with Crippen LogP contribution in [-0.4, -0.2) is 28.6 Å². The van der Waals surface area contributed by atoms with Gasteiger partial charge in [-0.15, -0.1) is 0 Å². The molecule has 6 heteroatoms. The van der Waals surface area contributed by atoms with E-state index in [1.807, 2.05) is 0 Å². The van der Waals surface area contributed by atoms with E-state index in [1.165, 1.54) is 38.1 Å². The fourth-order valence-electron chi connectivity index (χ4n) is 2.00. The minimum absolute atomic E-state index is 0.248. The van der Waals surface area contributed by atoms with E-state index in [0.717, 1.165) is 19.3 Å². The number of hydrogen-bond acceptors (Lipinski definition) is 5. The number of carbonyl (C=O) groups excluding carboxylic acids is 2. The lowest BCUT2D eigenvalue weighted by molar-refractivity contribution is 0.0655. The molecule has 0 radical (unpaired) electrons. The SMILES string of the molecule is CCCCCCCCCOC(=O)N(N)C(=O)c1cccnc1. The topological polar surface area (TPSA) is 85.5 Å². The van der Waals surface area contributed by atoms with Crippen molar-refractivity contribution in [3.8, 4) is 0 Å². The normalized spacial score (nSPS) is 10.3. The third-order valence-corrected chi connectivity index (χ3v) is 3.30. The Morgan fingerprint density at radius 2 is 1.86 bits per heavy atom. The molecule has 1 heterocycles. The molecule has 6 nitrogen and oxygen atoms in total. The first-order valence-electron chi connectivity index (χ1n) is 7.82. The number of ether oxygens (including phenoxy) is 1. The van der Waals surface area contributed by atoms with Crippen LogP contribution in [0.1, 0.15) is 62.2 Å². The lowest BCUT2D eigenvalue weighted by Gasteiger charge is -2.14. The Balaban J connectivity index is 2.18. The van der Waals surface area contributed by atoms with Gasteiger partial charge < -0.3 is 4.74 Å². The van der Waals surface area contributed by atoms with Gasteiger partial charge in [0.25, 0.3) is 5.91 Å². The molecule has 0 saturated carbocycles. The molecule has 1 aromatic heterocycles. The molecule has 0 atom stereocenters. The standard InChI is InChI=1S/C16H25N3O3/c1-2-3-4-5-6-7-8-12-22-16(21)19(17)15(20)14-10-9-11-18-13-14/h9-11,13H,2-8,12,17H2,1H3. The van der Waals surface area contributed by atoms with Gasteiger partial charge in [-0.25, -0.2) is 10.6 Å². The van der Waals surface area contributed by atoms with E-state index in [-0.39, 0.29) is 12.2 Å². The summed E-state index contributed by atoms with van der Waals surface area (Å²) in [6, 6.07) is 3.14. The summed E-state index contributed by atoms with van der Waals surface area (Å²) >= 11 is 0. The number of hydrazine groups is 1. The number of nitrogens with two attached hydrogens (primary N) is 1. The second-order valence-electron chi connectivity index (χ2n) is 5.15. The maximum atomic E-state index is 11.9. The summed E-state index contributed by atoms with van der Waals surface area (Å²) in [5.41, 5.74) is 0.248. The fourth-order valence-corrected chi connectivity index (χ4v) is 2.00. The monoisotopic (exact) mass is 307 g/mol. The Hall–Kier alpha value is -1.95. The Morgan fingerprint density at radius 3 is 2.50 bits per heavy atom. The van der Waals surface area contributed by atoms with E-state index in [9.17, 15) is 9.59 Å². The zero-order valence-corrected chi connectivity index (χ0v) is 13.2. The predicted molar refractivity (Wildman–Crippen MR) is 83.9 cm³/mol. The third-order valence-electron chi connectivity index (χ3n) is 3.30. The number of rotatable bonds is 9. The summed E-state index contributed by atoms with van der Waals surface area (Å²) in [6.07, 6.45) is 9.96. The molecule has 2 N–H and O–H groups in total. The second-order valence-corrected chi connectivity index (χ2v) is 5.15. The molecule has 0 spiro atoms. The maximum absolute atomic E-state index is 11.9. The van der Waals surface area contributed by atoms with Gasteiger partial charge in [0.2, 0.25) is 0 Å². The van der Waals surface area contributed by atoms with E-state index in [4.69, 9.17) is 10.6 Å². The summed E-state index contributed by atoms with van der Waals surface area (Å²) in [7, 11) is 0. The number of pyridine rings is 1. The van der Waals surface area contributed by atoms with Crippen LogP contribution in [0, 0.1) is 0 Å². The predicted octanol–water partition coefficient (Wildman–Crippen LogP) is 3.28. The number of amides is 2. The highest BCUT2D eigenvalue weighted by atomic mass is 16.6. The van der Waals surface area contributed by atoms with E-state index >= 15 is 0 Å².